The lowest BCUT2D eigenvalue weighted by atomic mass is 10.2. The van der Waals surface area contributed by atoms with Gasteiger partial charge in [-0.1, -0.05) is 25.5 Å². The zero-order chi connectivity index (χ0) is 15.8. The van der Waals surface area contributed by atoms with Crippen molar-refractivity contribution in [3.8, 4) is 0 Å². The fourth-order valence-electron chi connectivity index (χ4n) is 2.71. The van der Waals surface area contributed by atoms with E-state index in [0.717, 1.165) is 45.6 Å². The Morgan fingerprint density at radius 2 is 2.00 bits per heavy atom. The number of ether oxygens (including phenoxy) is 1. The second kappa shape index (κ2) is 8.79. The van der Waals surface area contributed by atoms with Crippen LogP contribution in [0.1, 0.15) is 31.7 Å². The number of esters is 1. The molecule has 0 radical (unpaired) electrons. The summed E-state index contributed by atoms with van der Waals surface area (Å²) in [5, 5.41) is 0. The van der Waals surface area contributed by atoms with Gasteiger partial charge in [-0.2, -0.15) is 0 Å². The monoisotopic (exact) mass is 304 g/mol. The first-order chi connectivity index (χ1) is 10.7. The van der Waals surface area contributed by atoms with Crippen LogP contribution < -0.4 is 4.90 Å². The van der Waals surface area contributed by atoms with E-state index < -0.39 is 0 Å². The largest absolute Gasteiger partial charge is 0.466 e. The van der Waals surface area contributed by atoms with Gasteiger partial charge in [0.05, 0.1) is 13.0 Å². The predicted octanol–water partition coefficient (Wildman–Crippen LogP) is 2.85. The second-order valence-corrected chi connectivity index (χ2v) is 5.99. The number of piperazine rings is 1. The van der Waals surface area contributed by atoms with Crippen LogP contribution in [0.2, 0.25) is 0 Å². The van der Waals surface area contributed by atoms with E-state index in [2.05, 4.69) is 47.9 Å². The first kappa shape index (κ1) is 16.8. The van der Waals surface area contributed by atoms with E-state index in [9.17, 15) is 4.79 Å². The fourth-order valence-corrected chi connectivity index (χ4v) is 2.71. The molecule has 1 aromatic rings. The smallest absolute Gasteiger partial charge is 0.307 e. The number of hydrogen-bond donors (Lipinski definition) is 0. The summed E-state index contributed by atoms with van der Waals surface area (Å²) in [5.74, 6) is -0.0606. The number of nitrogens with zero attached hydrogens (tertiary/aromatic N) is 2. The van der Waals surface area contributed by atoms with E-state index in [4.69, 9.17) is 4.74 Å². The van der Waals surface area contributed by atoms with Gasteiger partial charge in [0, 0.05) is 38.4 Å². The molecule has 0 spiro atoms. The molecule has 4 heteroatoms. The van der Waals surface area contributed by atoms with Gasteiger partial charge in [-0.3, -0.25) is 9.69 Å². The Kier molecular flexibility index (Phi) is 6.72. The molecule has 1 saturated heterocycles. The standard InChI is InChI=1S/C18H28N2O2/c1-3-4-14-22-18(21)8-9-19-10-12-20(13-11-19)17-7-5-6-16(2)15-17/h5-7,15H,3-4,8-14H2,1-2H3. The van der Waals surface area contributed by atoms with Gasteiger partial charge in [-0.25, -0.2) is 0 Å². The quantitative estimate of drug-likeness (QED) is 0.573. The van der Waals surface area contributed by atoms with Crippen LogP contribution in [0.4, 0.5) is 5.69 Å². The van der Waals surface area contributed by atoms with E-state index >= 15 is 0 Å². The molecule has 22 heavy (non-hydrogen) atoms. The third-order valence-electron chi connectivity index (χ3n) is 4.13. The third-order valence-corrected chi connectivity index (χ3v) is 4.13. The summed E-state index contributed by atoms with van der Waals surface area (Å²) in [5.41, 5.74) is 2.60. The minimum atomic E-state index is -0.0606. The number of unbranched alkanes of at least 4 members (excludes halogenated alkanes) is 1. The molecule has 1 heterocycles. The predicted molar refractivity (Wildman–Crippen MR) is 90.3 cm³/mol. The van der Waals surface area contributed by atoms with Gasteiger partial charge in [0.2, 0.25) is 0 Å². The molecule has 0 amide bonds. The first-order valence-corrected chi connectivity index (χ1v) is 8.38. The van der Waals surface area contributed by atoms with Gasteiger partial charge < -0.3 is 9.64 Å². The molecule has 0 bridgehead atoms. The molecule has 0 unspecified atom stereocenters. The maximum Gasteiger partial charge on any atom is 0.307 e. The Bertz CT molecular complexity index is 468. The number of aryl methyl sites for hydroxylation is 1. The van der Waals surface area contributed by atoms with Gasteiger partial charge in [0.15, 0.2) is 0 Å². The summed E-state index contributed by atoms with van der Waals surface area (Å²) in [6, 6.07) is 8.65. The van der Waals surface area contributed by atoms with Crippen LogP contribution in [0.25, 0.3) is 0 Å². The molecule has 0 saturated carbocycles. The van der Waals surface area contributed by atoms with Crippen LogP contribution in [-0.2, 0) is 9.53 Å². The van der Waals surface area contributed by atoms with Crippen LogP contribution in [0.5, 0.6) is 0 Å². The lowest BCUT2D eigenvalue weighted by Gasteiger charge is -2.36. The topological polar surface area (TPSA) is 32.8 Å². The molecule has 0 atom stereocenters. The lowest BCUT2D eigenvalue weighted by Crippen LogP contribution is -2.47. The molecule has 1 aliphatic heterocycles. The minimum Gasteiger partial charge on any atom is -0.466 e. The molecule has 0 aromatic heterocycles. The maximum absolute atomic E-state index is 11.6. The van der Waals surface area contributed by atoms with Crippen molar-refractivity contribution in [3.05, 3.63) is 29.8 Å². The zero-order valence-corrected chi connectivity index (χ0v) is 13.9. The lowest BCUT2D eigenvalue weighted by molar-refractivity contribution is -0.144. The Morgan fingerprint density at radius 1 is 1.23 bits per heavy atom. The van der Waals surface area contributed by atoms with E-state index in [1.807, 2.05) is 0 Å². The van der Waals surface area contributed by atoms with Gasteiger partial charge in [-0.05, 0) is 31.0 Å². The summed E-state index contributed by atoms with van der Waals surface area (Å²) in [4.78, 5) is 16.4. The maximum atomic E-state index is 11.6. The number of benzene rings is 1. The SMILES string of the molecule is CCCCOC(=O)CCN1CCN(c2cccc(C)c2)CC1. The number of carbonyl (C=O) groups is 1. The highest BCUT2D eigenvalue weighted by Gasteiger charge is 2.18. The van der Waals surface area contributed by atoms with Crippen molar-refractivity contribution in [2.24, 2.45) is 0 Å². The normalized spacial score (nSPS) is 15.8. The molecule has 1 fully saturated rings. The molecule has 1 aliphatic rings. The number of hydrogen-bond acceptors (Lipinski definition) is 4. The molecule has 2 rings (SSSR count). The van der Waals surface area contributed by atoms with Gasteiger partial charge in [0.25, 0.3) is 0 Å². The van der Waals surface area contributed by atoms with Crippen molar-refractivity contribution >= 4 is 11.7 Å². The zero-order valence-electron chi connectivity index (χ0n) is 13.9. The number of rotatable bonds is 7. The van der Waals surface area contributed by atoms with Gasteiger partial charge >= 0.3 is 5.97 Å². The molecule has 4 nitrogen and oxygen atoms in total. The van der Waals surface area contributed by atoms with Crippen LogP contribution in [-0.4, -0.2) is 50.2 Å². The van der Waals surface area contributed by atoms with Crippen LogP contribution >= 0.6 is 0 Å². The van der Waals surface area contributed by atoms with E-state index in [1.54, 1.807) is 0 Å². The Labute approximate surface area is 134 Å². The van der Waals surface area contributed by atoms with Crippen molar-refractivity contribution in [2.45, 2.75) is 33.1 Å². The van der Waals surface area contributed by atoms with Crippen LogP contribution in [0.3, 0.4) is 0 Å². The molecule has 122 valence electrons. The van der Waals surface area contributed by atoms with Crippen molar-refractivity contribution in [1.29, 1.82) is 0 Å². The third kappa shape index (κ3) is 5.34. The Balaban J connectivity index is 1.68. The average molecular weight is 304 g/mol. The fraction of sp³-hybridized carbons (Fsp3) is 0.611. The summed E-state index contributed by atoms with van der Waals surface area (Å²) in [6.45, 7) is 9.67. The van der Waals surface area contributed by atoms with Crippen molar-refractivity contribution < 1.29 is 9.53 Å². The number of carbonyl (C=O) groups excluding carboxylic acids is 1. The van der Waals surface area contributed by atoms with Crippen molar-refractivity contribution in [3.63, 3.8) is 0 Å². The Morgan fingerprint density at radius 3 is 2.68 bits per heavy atom. The van der Waals surface area contributed by atoms with Gasteiger partial charge in [0.1, 0.15) is 0 Å². The molecule has 1 aromatic carbocycles. The molecular formula is C18H28N2O2. The molecule has 0 aliphatic carbocycles. The second-order valence-electron chi connectivity index (χ2n) is 5.99. The van der Waals surface area contributed by atoms with Crippen LogP contribution in [0.15, 0.2) is 24.3 Å². The summed E-state index contributed by atoms with van der Waals surface area (Å²) in [6.07, 6.45) is 2.53. The highest BCUT2D eigenvalue weighted by atomic mass is 16.5. The molecular weight excluding hydrogens is 276 g/mol. The Hall–Kier alpha value is -1.55. The first-order valence-electron chi connectivity index (χ1n) is 8.38. The highest BCUT2D eigenvalue weighted by molar-refractivity contribution is 5.69. The summed E-state index contributed by atoms with van der Waals surface area (Å²) in [7, 11) is 0. The van der Waals surface area contributed by atoms with E-state index in [1.165, 1.54) is 11.3 Å². The summed E-state index contributed by atoms with van der Waals surface area (Å²) < 4.78 is 5.20. The van der Waals surface area contributed by atoms with Crippen molar-refractivity contribution in [2.75, 3.05) is 44.2 Å². The van der Waals surface area contributed by atoms with E-state index in [-0.39, 0.29) is 5.97 Å². The van der Waals surface area contributed by atoms with Crippen molar-refractivity contribution in [1.82, 2.24) is 4.90 Å². The van der Waals surface area contributed by atoms with Gasteiger partial charge in [-0.15, -0.1) is 0 Å². The highest BCUT2D eigenvalue weighted by Crippen LogP contribution is 2.17. The van der Waals surface area contributed by atoms with E-state index in [0.29, 0.717) is 13.0 Å². The minimum absolute atomic E-state index is 0.0606. The van der Waals surface area contributed by atoms with Crippen LogP contribution in [0, 0.1) is 6.92 Å². The summed E-state index contributed by atoms with van der Waals surface area (Å²) >= 11 is 0. The average Bonchev–Trinajstić information content (AvgIpc) is 2.54. The molecule has 0 N–H and O–H groups in total. The number of anilines is 1.